The first kappa shape index (κ1) is 18.7. The highest BCUT2D eigenvalue weighted by Gasteiger charge is 2.23. The minimum Gasteiger partial charge on any atom is -0.321 e. The van der Waals surface area contributed by atoms with Crippen LogP contribution in [0.3, 0.4) is 0 Å². The number of rotatable bonds is 5. The van der Waals surface area contributed by atoms with Gasteiger partial charge in [0.05, 0.1) is 11.9 Å². The fourth-order valence-electron chi connectivity index (χ4n) is 2.24. The molecule has 0 fully saturated rings. The third kappa shape index (κ3) is 3.86. The number of sulfonamides is 1. The van der Waals surface area contributed by atoms with Gasteiger partial charge in [-0.3, -0.25) is 4.79 Å². The van der Waals surface area contributed by atoms with E-state index in [4.69, 9.17) is 0 Å². The molecule has 3 rings (SSSR count). The van der Waals surface area contributed by atoms with Gasteiger partial charge in [0.2, 0.25) is 10.0 Å². The SMILES string of the molecule is CN(C)S(=O)(=O)c1cc(C(=O)Nc2ccc(-n3cccn3)nc2)ccc1F. The van der Waals surface area contributed by atoms with Crippen molar-refractivity contribution in [2.45, 2.75) is 4.90 Å². The second-order valence-electron chi connectivity index (χ2n) is 5.74. The van der Waals surface area contributed by atoms with Crippen LogP contribution in [0.1, 0.15) is 10.4 Å². The number of amides is 1. The molecule has 1 aromatic carbocycles. The standard InChI is InChI=1S/C17H16FN5O3S/c1-22(2)27(25,26)15-10-12(4-6-14(15)18)17(24)21-13-5-7-16(19-11-13)23-9-3-8-20-23/h3-11H,1-2H3,(H,21,24). The van der Waals surface area contributed by atoms with Crippen molar-refractivity contribution < 1.29 is 17.6 Å². The number of hydrogen-bond donors (Lipinski definition) is 1. The number of aromatic nitrogens is 3. The predicted molar refractivity (Wildman–Crippen MR) is 96.6 cm³/mol. The fraction of sp³-hybridized carbons (Fsp3) is 0.118. The number of benzene rings is 1. The highest BCUT2D eigenvalue weighted by atomic mass is 32.2. The molecule has 10 heteroatoms. The third-order valence-corrected chi connectivity index (χ3v) is 5.53. The van der Waals surface area contributed by atoms with Crippen molar-refractivity contribution >= 4 is 21.6 Å². The van der Waals surface area contributed by atoms with Gasteiger partial charge in [-0.2, -0.15) is 5.10 Å². The Bertz CT molecular complexity index is 1060. The molecule has 0 saturated carbocycles. The van der Waals surface area contributed by atoms with E-state index in [1.807, 2.05) is 0 Å². The van der Waals surface area contributed by atoms with E-state index >= 15 is 0 Å². The summed E-state index contributed by atoms with van der Waals surface area (Å²) in [5.41, 5.74) is 0.408. The van der Waals surface area contributed by atoms with Crippen LogP contribution in [0, 0.1) is 5.82 Å². The minimum absolute atomic E-state index is 0.00739. The molecule has 0 aliphatic rings. The number of nitrogens with one attached hydrogen (secondary N) is 1. The molecular formula is C17H16FN5O3S. The van der Waals surface area contributed by atoms with Crippen LogP contribution in [0.4, 0.5) is 10.1 Å². The Labute approximate surface area is 155 Å². The molecule has 140 valence electrons. The summed E-state index contributed by atoms with van der Waals surface area (Å²) in [6.45, 7) is 0. The molecule has 0 bridgehead atoms. The van der Waals surface area contributed by atoms with Crippen LogP contribution in [0.5, 0.6) is 0 Å². The first-order valence-electron chi connectivity index (χ1n) is 7.78. The van der Waals surface area contributed by atoms with Crippen LogP contribution in [-0.2, 0) is 10.0 Å². The Morgan fingerprint density at radius 1 is 1.22 bits per heavy atom. The van der Waals surface area contributed by atoms with Crippen molar-refractivity contribution in [2.75, 3.05) is 19.4 Å². The topological polar surface area (TPSA) is 97.2 Å². The summed E-state index contributed by atoms with van der Waals surface area (Å²) in [7, 11) is -1.44. The summed E-state index contributed by atoms with van der Waals surface area (Å²) in [6.07, 6.45) is 4.78. The summed E-state index contributed by atoms with van der Waals surface area (Å²) < 4.78 is 40.7. The van der Waals surface area contributed by atoms with Gasteiger partial charge in [0.25, 0.3) is 5.91 Å². The summed E-state index contributed by atoms with van der Waals surface area (Å²) in [4.78, 5) is 16.0. The van der Waals surface area contributed by atoms with Crippen molar-refractivity contribution in [3.05, 3.63) is 66.4 Å². The lowest BCUT2D eigenvalue weighted by molar-refractivity contribution is 0.102. The summed E-state index contributed by atoms with van der Waals surface area (Å²) >= 11 is 0. The van der Waals surface area contributed by atoms with Crippen molar-refractivity contribution in [1.29, 1.82) is 0 Å². The molecule has 1 N–H and O–H groups in total. The maximum absolute atomic E-state index is 13.9. The predicted octanol–water partition coefficient (Wildman–Crippen LogP) is 1.91. The van der Waals surface area contributed by atoms with Gasteiger partial charge in [-0.25, -0.2) is 26.8 Å². The van der Waals surface area contributed by atoms with E-state index in [2.05, 4.69) is 15.4 Å². The monoisotopic (exact) mass is 389 g/mol. The lowest BCUT2D eigenvalue weighted by Gasteiger charge is -2.13. The highest BCUT2D eigenvalue weighted by molar-refractivity contribution is 7.89. The quantitative estimate of drug-likeness (QED) is 0.719. The maximum Gasteiger partial charge on any atom is 0.255 e. The number of anilines is 1. The normalized spacial score (nSPS) is 11.6. The molecule has 1 amide bonds. The van der Waals surface area contributed by atoms with E-state index in [1.165, 1.54) is 26.4 Å². The molecule has 8 nitrogen and oxygen atoms in total. The third-order valence-electron chi connectivity index (χ3n) is 3.70. The largest absolute Gasteiger partial charge is 0.321 e. The van der Waals surface area contributed by atoms with Crippen LogP contribution in [-0.4, -0.2) is 47.5 Å². The zero-order valence-electron chi connectivity index (χ0n) is 14.5. The molecule has 0 saturated heterocycles. The molecule has 0 spiro atoms. The number of carbonyl (C=O) groups excluding carboxylic acids is 1. The van der Waals surface area contributed by atoms with Gasteiger partial charge in [0, 0.05) is 32.1 Å². The van der Waals surface area contributed by atoms with E-state index in [-0.39, 0.29) is 5.56 Å². The smallest absolute Gasteiger partial charge is 0.255 e. The van der Waals surface area contributed by atoms with Gasteiger partial charge in [-0.1, -0.05) is 0 Å². The Hall–Kier alpha value is -3.11. The Balaban J connectivity index is 1.82. The zero-order chi connectivity index (χ0) is 19.6. The lowest BCUT2D eigenvalue weighted by atomic mass is 10.2. The van der Waals surface area contributed by atoms with Gasteiger partial charge >= 0.3 is 0 Å². The number of carbonyl (C=O) groups is 1. The van der Waals surface area contributed by atoms with Gasteiger partial charge in [0.15, 0.2) is 5.82 Å². The van der Waals surface area contributed by atoms with Gasteiger partial charge in [-0.05, 0) is 36.4 Å². The van der Waals surface area contributed by atoms with Gasteiger partial charge in [-0.15, -0.1) is 0 Å². The molecule has 0 atom stereocenters. The summed E-state index contributed by atoms with van der Waals surface area (Å²) in [6, 6.07) is 8.21. The molecular weight excluding hydrogens is 373 g/mol. The lowest BCUT2D eigenvalue weighted by Crippen LogP contribution is -2.24. The van der Waals surface area contributed by atoms with Crippen LogP contribution >= 0.6 is 0 Å². The molecule has 2 aromatic heterocycles. The number of pyridine rings is 1. The van der Waals surface area contributed by atoms with Gasteiger partial charge in [0.1, 0.15) is 10.7 Å². The van der Waals surface area contributed by atoms with Crippen LogP contribution in [0.25, 0.3) is 5.82 Å². The summed E-state index contributed by atoms with van der Waals surface area (Å²) in [5, 5.41) is 6.65. The van der Waals surface area contributed by atoms with Crippen molar-refractivity contribution in [3.63, 3.8) is 0 Å². The number of nitrogens with zero attached hydrogens (tertiary/aromatic N) is 4. The van der Waals surface area contributed by atoms with E-state index in [1.54, 1.807) is 35.3 Å². The number of halogens is 1. The van der Waals surface area contributed by atoms with Crippen molar-refractivity contribution in [1.82, 2.24) is 19.1 Å². The molecule has 2 heterocycles. The maximum atomic E-state index is 13.9. The van der Waals surface area contributed by atoms with Crippen LogP contribution in [0.2, 0.25) is 0 Å². The van der Waals surface area contributed by atoms with E-state index in [0.717, 1.165) is 16.4 Å². The second kappa shape index (κ2) is 7.25. The molecule has 0 radical (unpaired) electrons. The number of hydrogen-bond acceptors (Lipinski definition) is 5. The van der Waals surface area contributed by atoms with Crippen molar-refractivity contribution in [3.8, 4) is 5.82 Å². The Kier molecular flexibility index (Phi) is 5.02. The van der Waals surface area contributed by atoms with E-state index in [0.29, 0.717) is 11.5 Å². The fourth-order valence-corrected chi connectivity index (χ4v) is 3.23. The first-order valence-corrected chi connectivity index (χ1v) is 9.22. The Morgan fingerprint density at radius 3 is 2.59 bits per heavy atom. The van der Waals surface area contributed by atoms with E-state index < -0.39 is 26.6 Å². The molecule has 0 aliphatic heterocycles. The average molecular weight is 389 g/mol. The van der Waals surface area contributed by atoms with Crippen LogP contribution < -0.4 is 5.32 Å². The average Bonchev–Trinajstić information content (AvgIpc) is 3.17. The molecule has 3 aromatic rings. The Morgan fingerprint density at radius 2 is 2.00 bits per heavy atom. The first-order chi connectivity index (χ1) is 12.8. The van der Waals surface area contributed by atoms with Gasteiger partial charge < -0.3 is 5.32 Å². The van der Waals surface area contributed by atoms with Crippen molar-refractivity contribution in [2.24, 2.45) is 0 Å². The van der Waals surface area contributed by atoms with E-state index in [9.17, 15) is 17.6 Å². The molecule has 0 aliphatic carbocycles. The minimum atomic E-state index is -4.01. The second-order valence-corrected chi connectivity index (χ2v) is 7.86. The molecule has 0 unspecified atom stereocenters. The highest BCUT2D eigenvalue weighted by Crippen LogP contribution is 2.20. The summed E-state index contributed by atoms with van der Waals surface area (Å²) in [5.74, 6) is -0.941. The molecule has 27 heavy (non-hydrogen) atoms. The van der Waals surface area contributed by atoms with Crippen LogP contribution in [0.15, 0.2) is 59.9 Å². The zero-order valence-corrected chi connectivity index (χ0v) is 15.3.